The summed E-state index contributed by atoms with van der Waals surface area (Å²) in [7, 11) is -3.92. The van der Waals surface area contributed by atoms with E-state index in [-0.39, 0.29) is 0 Å². The average Bonchev–Trinajstić information content (AvgIpc) is 2.16. The zero-order chi connectivity index (χ0) is 12.6. The summed E-state index contributed by atoms with van der Waals surface area (Å²) in [6, 6.07) is 4.31. The molecule has 1 heterocycles. The molecule has 1 aromatic heterocycles. The monoisotopic (exact) mass is 245 g/mol. The first-order valence-corrected chi connectivity index (χ1v) is 7.07. The number of rotatable bonds is 3. The summed E-state index contributed by atoms with van der Waals surface area (Å²) >= 11 is 0. The average molecular weight is 245 g/mol. The van der Waals surface area contributed by atoms with Gasteiger partial charge in [0.2, 0.25) is 0 Å². The molecule has 92 valence electrons. The lowest BCUT2D eigenvalue weighted by atomic mass is 10.2. The van der Waals surface area contributed by atoms with E-state index >= 15 is 0 Å². The van der Waals surface area contributed by atoms with E-state index in [0.29, 0.717) is 6.26 Å². The van der Waals surface area contributed by atoms with Crippen LogP contribution >= 0.6 is 0 Å². The number of hydrogen-bond donors (Lipinski definition) is 0. The predicted molar refractivity (Wildman–Crippen MR) is 61.9 cm³/mol. The number of aromatic nitrogens is 1. The highest BCUT2D eigenvalue weighted by Gasteiger charge is 1.97. The van der Waals surface area contributed by atoms with E-state index < -0.39 is 10.1 Å². The summed E-state index contributed by atoms with van der Waals surface area (Å²) in [6.07, 6.45) is 7.37. The lowest BCUT2D eigenvalue weighted by molar-refractivity contribution is -0.694. The van der Waals surface area contributed by atoms with Gasteiger partial charge in [0.1, 0.15) is 6.54 Å². The van der Waals surface area contributed by atoms with E-state index in [4.69, 9.17) is 13.0 Å². The van der Waals surface area contributed by atoms with Crippen LogP contribution in [-0.2, 0) is 23.1 Å². The maximum atomic E-state index is 9.08. The van der Waals surface area contributed by atoms with Crippen LogP contribution in [0, 0.1) is 0 Å². The highest BCUT2D eigenvalue weighted by Crippen LogP contribution is 1.97. The summed E-state index contributed by atoms with van der Waals surface area (Å²) in [6.45, 7) is 5.44. The van der Waals surface area contributed by atoms with Gasteiger partial charge < -0.3 is 4.55 Å². The Morgan fingerprint density at radius 1 is 1.38 bits per heavy atom. The number of nitrogens with zero attached hydrogens (tertiary/aromatic N) is 1. The number of pyridine rings is 1. The highest BCUT2D eigenvalue weighted by atomic mass is 32.2. The van der Waals surface area contributed by atoms with Crippen LogP contribution in [0.4, 0.5) is 0 Å². The third kappa shape index (κ3) is 9.61. The minimum Gasteiger partial charge on any atom is -0.748 e. The van der Waals surface area contributed by atoms with Crippen molar-refractivity contribution in [1.82, 2.24) is 0 Å². The van der Waals surface area contributed by atoms with Crippen LogP contribution in [0.5, 0.6) is 0 Å². The van der Waals surface area contributed by atoms with Crippen molar-refractivity contribution in [3.05, 3.63) is 30.1 Å². The third-order valence-corrected chi connectivity index (χ3v) is 1.82. The molecule has 4 nitrogen and oxygen atoms in total. The zero-order valence-electron chi connectivity index (χ0n) is 10.0. The van der Waals surface area contributed by atoms with E-state index in [0.717, 1.165) is 6.54 Å². The molecule has 0 saturated carbocycles. The van der Waals surface area contributed by atoms with Crippen molar-refractivity contribution in [3.8, 4) is 0 Å². The van der Waals surface area contributed by atoms with E-state index in [2.05, 4.69) is 42.9 Å². The Kier molecular flexibility index (Phi) is 6.92. The van der Waals surface area contributed by atoms with E-state index in [1.165, 1.54) is 18.4 Å². The van der Waals surface area contributed by atoms with Crippen molar-refractivity contribution in [1.29, 1.82) is 0 Å². The maximum Gasteiger partial charge on any atom is 0.171 e. The van der Waals surface area contributed by atoms with Crippen LogP contribution in [0.15, 0.2) is 24.5 Å². The molecule has 0 aliphatic heterocycles. The summed E-state index contributed by atoms with van der Waals surface area (Å²) in [5.41, 5.74) is 1.44. The standard InChI is InChI=1S/C10H16N.CH4O3S/c1-3-6-10-7-5-8-11(4-2)9-10;1-5(2,3)4/h5,7-9H,3-4,6H2,1-2H3;1H3,(H,2,3,4)/q+1;/p-1. The molecule has 0 bridgehead atoms. The van der Waals surface area contributed by atoms with Crippen molar-refractivity contribution >= 4 is 10.1 Å². The molecule has 5 heteroatoms. The van der Waals surface area contributed by atoms with Crippen molar-refractivity contribution in [3.63, 3.8) is 0 Å². The molecule has 0 amide bonds. The SMILES string of the molecule is CCCc1ccc[n+](CC)c1.CS(=O)(=O)[O-]. The van der Waals surface area contributed by atoms with Gasteiger partial charge in [-0.05, 0) is 19.4 Å². The molecular weight excluding hydrogens is 226 g/mol. The normalized spacial score (nSPS) is 10.5. The van der Waals surface area contributed by atoms with E-state index in [1.807, 2.05) is 0 Å². The van der Waals surface area contributed by atoms with Gasteiger partial charge in [-0.2, -0.15) is 0 Å². The molecule has 0 aliphatic carbocycles. The van der Waals surface area contributed by atoms with Gasteiger partial charge in [-0.1, -0.05) is 13.3 Å². The Hall–Kier alpha value is -0.940. The Morgan fingerprint density at radius 2 is 1.94 bits per heavy atom. The molecule has 0 aromatic carbocycles. The smallest absolute Gasteiger partial charge is 0.171 e. The first kappa shape index (κ1) is 15.1. The van der Waals surface area contributed by atoms with Gasteiger partial charge in [0.15, 0.2) is 12.4 Å². The molecule has 16 heavy (non-hydrogen) atoms. The fourth-order valence-electron chi connectivity index (χ4n) is 1.21. The molecule has 0 aliphatic rings. The quantitative estimate of drug-likeness (QED) is 0.592. The van der Waals surface area contributed by atoms with Gasteiger partial charge in [0, 0.05) is 17.9 Å². The van der Waals surface area contributed by atoms with Gasteiger partial charge in [-0.15, -0.1) is 0 Å². The fourth-order valence-corrected chi connectivity index (χ4v) is 1.21. The second-order valence-corrected chi connectivity index (χ2v) is 4.91. The molecule has 1 aromatic rings. The first-order chi connectivity index (χ1) is 7.36. The zero-order valence-corrected chi connectivity index (χ0v) is 10.8. The predicted octanol–water partition coefficient (Wildman–Crippen LogP) is 1.11. The summed E-state index contributed by atoms with van der Waals surface area (Å²) < 4.78 is 29.4. The van der Waals surface area contributed by atoms with Gasteiger partial charge in [-0.25, -0.2) is 13.0 Å². The maximum absolute atomic E-state index is 9.08. The minimum atomic E-state index is -3.92. The van der Waals surface area contributed by atoms with Crippen molar-refractivity contribution in [2.45, 2.75) is 33.2 Å². The van der Waals surface area contributed by atoms with Gasteiger partial charge in [0.25, 0.3) is 0 Å². The van der Waals surface area contributed by atoms with Gasteiger partial charge >= 0.3 is 0 Å². The Labute approximate surface area is 97.7 Å². The second kappa shape index (κ2) is 7.35. The topological polar surface area (TPSA) is 61.1 Å². The van der Waals surface area contributed by atoms with Crippen LogP contribution in [0.3, 0.4) is 0 Å². The Morgan fingerprint density at radius 3 is 2.38 bits per heavy atom. The summed E-state index contributed by atoms with van der Waals surface area (Å²) in [4.78, 5) is 0. The summed E-state index contributed by atoms with van der Waals surface area (Å²) in [5.74, 6) is 0. The molecule has 0 spiro atoms. The summed E-state index contributed by atoms with van der Waals surface area (Å²) in [5, 5.41) is 0. The van der Waals surface area contributed by atoms with Crippen LogP contribution in [0.25, 0.3) is 0 Å². The molecule has 0 N–H and O–H groups in total. The molecule has 0 saturated heterocycles. The highest BCUT2D eigenvalue weighted by molar-refractivity contribution is 7.84. The lowest BCUT2D eigenvalue weighted by Gasteiger charge is -1.95. The van der Waals surface area contributed by atoms with Crippen molar-refractivity contribution in [2.75, 3.05) is 6.26 Å². The molecule has 0 radical (unpaired) electrons. The van der Waals surface area contributed by atoms with Crippen molar-refractivity contribution in [2.24, 2.45) is 0 Å². The lowest BCUT2D eigenvalue weighted by Crippen LogP contribution is -2.31. The Balaban J connectivity index is 0.000000385. The fraction of sp³-hybridized carbons (Fsp3) is 0.545. The van der Waals surface area contributed by atoms with Gasteiger partial charge in [-0.3, -0.25) is 0 Å². The largest absolute Gasteiger partial charge is 0.748 e. The van der Waals surface area contributed by atoms with E-state index in [9.17, 15) is 0 Å². The molecule has 0 atom stereocenters. The van der Waals surface area contributed by atoms with E-state index in [1.54, 1.807) is 0 Å². The van der Waals surface area contributed by atoms with Crippen molar-refractivity contribution < 1.29 is 17.5 Å². The first-order valence-electron chi connectivity index (χ1n) is 5.25. The minimum absolute atomic E-state index is 0.604. The number of hydrogen-bond acceptors (Lipinski definition) is 3. The Bertz CT molecular complexity index is 393. The van der Waals surface area contributed by atoms with Crippen LogP contribution in [0.1, 0.15) is 25.8 Å². The van der Waals surface area contributed by atoms with Gasteiger partial charge in [0.05, 0.1) is 10.1 Å². The molecule has 1 rings (SSSR count). The second-order valence-electron chi connectivity index (χ2n) is 3.50. The van der Waals surface area contributed by atoms with Crippen LogP contribution in [-0.4, -0.2) is 19.2 Å². The third-order valence-electron chi connectivity index (χ3n) is 1.82. The molecule has 0 fully saturated rings. The number of aryl methyl sites for hydroxylation is 2. The molecule has 0 unspecified atom stereocenters. The van der Waals surface area contributed by atoms with Crippen LogP contribution in [0.2, 0.25) is 0 Å². The van der Waals surface area contributed by atoms with Crippen LogP contribution < -0.4 is 4.57 Å². The molecular formula is C11H19NO3S.